The zero-order chi connectivity index (χ0) is 27.7. The van der Waals surface area contributed by atoms with Crippen molar-refractivity contribution in [2.24, 2.45) is 0 Å². The van der Waals surface area contributed by atoms with Crippen molar-refractivity contribution in [3.8, 4) is 22.4 Å². The number of esters is 1. The maximum Gasteiger partial charge on any atom is 0.341 e. The predicted octanol–water partition coefficient (Wildman–Crippen LogP) is 7.21. The minimum Gasteiger partial charge on any atom is -0.462 e. The van der Waals surface area contributed by atoms with Gasteiger partial charge in [0.05, 0.1) is 28.4 Å². The summed E-state index contributed by atoms with van der Waals surface area (Å²) in [5.41, 5.74) is 11.1. The summed E-state index contributed by atoms with van der Waals surface area (Å²) in [6, 6.07) is 21.6. The van der Waals surface area contributed by atoms with Gasteiger partial charge >= 0.3 is 5.97 Å². The molecule has 3 N–H and O–H groups in total. The number of carbonyl (C=O) groups is 3. The summed E-state index contributed by atoms with van der Waals surface area (Å²) < 4.78 is 5.19. The average Bonchev–Trinajstić information content (AvgIpc) is 3.45. The summed E-state index contributed by atoms with van der Waals surface area (Å²) in [6.07, 6.45) is 0. The SMILES string of the molecule is CCOC(=O)c1c(NC(=O)c2sc3nc(-c4ccccc4)cc(-c4ccccc4)c3c2N)sc(C(C)=O)c1C. The number of ether oxygens (including phenoxy) is 1. The third-order valence-corrected chi connectivity index (χ3v) is 8.64. The first-order valence-electron chi connectivity index (χ1n) is 12.3. The molecule has 0 aliphatic carbocycles. The summed E-state index contributed by atoms with van der Waals surface area (Å²) >= 11 is 2.23. The van der Waals surface area contributed by atoms with Crippen LogP contribution in [0.1, 0.15) is 49.1 Å². The summed E-state index contributed by atoms with van der Waals surface area (Å²) in [5, 5.41) is 3.76. The molecule has 5 aromatic rings. The number of nitrogens with one attached hydrogen (secondary N) is 1. The molecule has 1 amide bonds. The van der Waals surface area contributed by atoms with Crippen molar-refractivity contribution in [3.63, 3.8) is 0 Å². The fourth-order valence-corrected chi connectivity index (χ4v) is 6.54. The Morgan fingerprint density at radius 2 is 1.59 bits per heavy atom. The second-order valence-corrected chi connectivity index (χ2v) is 10.8. The van der Waals surface area contributed by atoms with Crippen LogP contribution in [0.5, 0.6) is 0 Å². The number of nitrogen functional groups attached to an aromatic ring is 1. The summed E-state index contributed by atoms with van der Waals surface area (Å²) in [5.74, 6) is -1.29. The van der Waals surface area contributed by atoms with E-state index in [9.17, 15) is 14.4 Å². The first-order valence-corrected chi connectivity index (χ1v) is 13.9. The summed E-state index contributed by atoms with van der Waals surface area (Å²) in [4.78, 5) is 44.6. The monoisotopic (exact) mass is 555 g/mol. The molecule has 0 saturated carbocycles. The highest BCUT2D eigenvalue weighted by Crippen LogP contribution is 2.42. The number of hydrogen-bond acceptors (Lipinski definition) is 8. The van der Waals surface area contributed by atoms with E-state index in [1.807, 2.05) is 66.7 Å². The molecule has 0 aliphatic rings. The number of pyridine rings is 1. The van der Waals surface area contributed by atoms with Crippen LogP contribution in [0.3, 0.4) is 0 Å². The number of aromatic nitrogens is 1. The van der Waals surface area contributed by atoms with Crippen LogP contribution in [0.2, 0.25) is 0 Å². The fourth-order valence-electron chi connectivity index (χ4n) is 4.44. The third kappa shape index (κ3) is 4.94. The van der Waals surface area contributed by atoms with Gasteiger partial charge in [-0.05, 0) is 43.5 Å². The highest BCUT2D eigenvalue weighted by Gasteiger charge is 2.27. The first-order chi connectivity index (χ1) is 18.8. The number of anilines is 2. The largest absolute Gasteiger partial charge is 0.462 e. The normalized spacial score (nSPS) is 10.9. The lowest BCUT2D eigenvalue weighted by Crippen LogP contribution is -2.15. The Morgan fingerprint density at radius 1 is 0.949 bits per heavy atom. The van der Waals surface area contributed by atoms with Crippen molar-refractivity contribution in [2.45, 2.75) is 20.8 Å². The van der Waals surface area contributed by atoms with Crippen molar-refractivity contribution in [3.05, 3.63) is 87.6 Å². The minimum atomic E-state index is -0.598. The van der Waals surface area contributed by atoms with Gasteiger partial charge in [0.25, 0.3) is 5.91 Å². The summed E-state index contributed by atoms with van der Waals surface area (Å²) in [6.45, 7) is 4.95. The molecule has 3 aromatic heterocycles. The van der Waals surface area contributed by atoms with Gasteiger partial charge in [-0.1, -0.05) is 60.7 Å². The minimum absolute atomic E-state index is 0.165. The molecule has 7 nitrogen and oxygen atoms in total. The van der Waals surface area contributed by atoms with Crippen LogP contribution < -0.4 is 11.1 Å². The van der Waals surface area contributed by atoms with Gasteiger partial charge in [-0.25, -0.2) is 9.78 Å². The first kappa shape index (κ1) is 26.3. The van der Waals surface area contributed by atoms with Crippen molar-refractivity contribution in [2.75, 3.05) is 17.7 Å². The van der Waals surface area contributed by atoms with E-state index in [0.29, 0.717) is 26.3 Å². The number of nitrogens with zero attached hydrogens (tertiary/aromatic N) is 1. The Balaban J connectivity index is 1.63. The van der Waals surface area contributed by atoms with E-state index in [0.717, 1.165) is 33.7 Å². The Bertz CT molecular complexity index is 1720. The van der Waals surface area contributed by atoms with E-state index in [2.05, 4.69) is 5.32 Å². The quantitative estimate of drug-likeness (QED) is 0.162. The van der Waals surface area contributed by atoms with Gasteiger partial charge in [-0.2, -0.15) is 0 Å². The molecular weight excluding hydrogens is 530 g/mol. The number of benzene rings is 2. The molecule has 39 heavy (non-hydrogen) atoms. The molecule has 0 aliphatic heterocycles. The zero-order valence-corrected chi connectivity index (χ0v) is 23.2. The number of nitrogens with two attached hydrogens (primary N) is 1. The molecule has 0 spiro atoms. The van der Waals surface area contributed by atoms with Gasteiger partial charge in [-0.3, -0.25) is 9.59 Å². The van der Waals surface area contributed by atoms with E-state index in [1.54, 1.807) is 13.8 Å². The molecule has 196 valence electrons. The lowest BCUT2D eigenvalue weighted by atomic mass is 9.99. The number of thiophene rings is 2. The van der Waals surface area contributed by atoms with E-state index in [-0.39, 0.29) is 27.8 Å². The van der Waals surface area contributed by atoms with E-state index < -0.39 is 11.9 Å². The zero-order valence-electron chi connectivity index (χ0n) is 21.5. The number of hydrogen-bond donors (Lipinski definition) is 2. The average molecular weight is 556 g/mol. The van der Waals surface area contributed by atoms with Crippen LogP contribution in [0, 0.1) is 6.92 Å². The van der Waals surface area contributed by atoms with Gasteiger partial charge in [0.1, 0.15) is 14.7 Å². The van der Waals surface area contributed by atoms with Gasteiger partial charge < -0.3 is 15.8 Å². The van der Waals surface area contributed by atoms with Crippen LogP contribution in [-0.4, -0.2) is 29.3 Å². The summed E-state index contributed by atoms with van der Waals surface area (Å²) in [7, 11) is 0. The molecular formula is C30H25N3O4S2. The van der Waals surface area contributed by atoms with Crippen LogP contribution in [0.25, 0.3) is 32.6 Å². The molecule has 2 aromatic carbocycles. The second kappa shape index (κ2) is 10.8. The Morgan fingerprint density at radius 3 is 2.21 bits per heavy atom. The smallest absolute Gasteiger partial charge is 0.341 e. The predicted molar refractivity (Wildman–Crippen MR) is 158 cm³/mol. The van der Waals surface area contributed by atoms with Crippen molar-refractivity contribution in [1.82, 2.24) is 4.98 Å². The van der Waals surface area contributed by atoms with E-state index in [4.69, 9.17) is 15.5 Å². The van der Waals surface area contributed by atoms with Crippen LogP contribution in [0.15, 0.2) is 66.7 Å². The molecule has 5 rings (SSSR count). The number of rotatable bonds is 7. The van der Waals surface area contributed by atoms with Gasteiger partial charge in [-0.15, -0.1) is 22.7 Å². The number of fused-ring (bicyclic) bond motifs is 1. The number of amides is 1. The van der Waals surface area contributed by atoms with Crippen molar-refractivity contribution in [1.29, 1.82) is 0 Å². The van der Waals surface area contributed by atoms with Gasteiger partial charge in [0, 0.05) is 10.9 Å². The standard InChI is InChI=1S/C30H25N3O4S2/c1-4-37-30(36)22-16(2)25(17(3)34)38-28(22)33-27(35)26-24(31)23-20(18-11-7-5-8-12-18)15-21(32-29(23)39-26)19-13-9-6-10-14-19/h5-15H,4,31H2,1-3H3,(H,33,35). The van der Waals surface area contributed by atoms with Gasteiger partial charge in [0.15, 0.2) is 5.78 Å². The Kier molecular flexibility index (Phi) is 7.28. The number of Topliss-reactive ketones (excluding diaryl/α,β-unsaturated/α-hetero) is 1. The Labute approximate surface area is 233 Å². The lowest BCUT2D eigenvalue weighted by Gasteiger charge is -2.09. The van der Waals surface area contributed by atoms with Crippen molar-refractivity contribution < 1.29 is 19.1 Å². The molecule has 0 radical (unpaired) electrons. The van der Waals surface area contributed by atoms with E-state index >= 15 is 0 Å². The molecule has 0 saturated heterocycles. The fraction of sp³-hybridized carbons (Fsp3) is 0.133. The second-order valence-electron chi connectivity index (χ2n) is 8.80. The van der Waals surface area contributed by atoms with Crippen LogP contribution in [0.4, 0.5) is 10.7 Å². The molecule has 9 heteroatoms. The molecule has 3 heterocycles. The third-order valence-electron chi connectivity index (χ3n) is 6.23. The maximum absolute atomic E-state index is 13.6. The topological polar surface area (TPSA) is 111 Å². The van der Waals surface area contributed by atoms with Crippen LogP contribution >= 0.6 is 22.7 Å². The molecule has 0 fully saturated rings. The van der Waals surface area contributed by atoms with E-state index in [1.165, 1.54) is 18.3 Å². The maximum atomic E-state index is 13.6. The van der Waals surface area contributed by atoms with Crippen molar-refractivity contribution >= 4 is 61.2 Å². The number of ketones is 1. The Hall–Kier alpha value is -4.34. The highest BCUT2D eigenvalue weighted by molar-refractivity contribution is 7.22. The van der Waals surface area contributed by atoms with Gasteiger partial charge in [0.2, 0.25) is 0 Å². The molecule has 0 bridgehead atoms. The highest BCUT2D eigenvalue weighted by atomic mass is 32.1. The lowest BCUT2D eigenvalue weighted by molar-refractivity contribution is 0.0527. The molecule has 0 atom stereocenters. The van der Waals surface area contributed by atoms with Crippen LogP contribution in [-0.2, 0) is 4.74 Å². The molecule has 0 unspecified atom stereocenters. The number of carbonyl (C=O) groups excluding carboxylic acids is 3.